The van der Waals surface area contributed by atoms with Gasteiger partial charge in [0.25, 0.3) is 0 Å². The quantitative estimate of drug-likeness (QED) is 0.588. The van der Waals surface area contributed by atoms with Crippen LogP contribution >= 0.6 is 11.3 Å². The van der Waals surface area contributed by atoms with Crippen LogP contribution in [0.2, 0.25) is 0 Å². The van der Waals surface area contributed by atoms with E-state index in [-0.39, 0.29) is 29.7 Å². The van der Waals surface area contributed by atoms with Crippen molar-refractivity contribution < 1.29 is 19.1 Å². The topological polar surface area (TPSA) is 77.8 Å². The number of anilines is 2. The molecule has 0 spiro atoms. The van der Waals surface area contributed by atoms with Gasteiger partial charge >= 0.3 is 10.8 Å². The SMILES string of the molecule is COC(=O)Cn1c2c(sc1=O)[C@H](c1ccccc1OC)CC(=O)N2c1ccccc1. The van der Waals surface area contributed by atoms with Crippen molar-refractivity contribution >= 4 is 34.7 Å². The summed E-state index contributed by atoms with van der Waals surface area (Å²) in [5.74, 6) is -0.0117. The van der Waals surface area contributed by atoms with Gasteiger partial charge in [0.15, 0.2) is 0 Å². The minimum Gasteiger partial charge on any atom is -0.496 e. The molecule has 2 heterocycles. The van der Waals surface area contributed by atoms with E-state index in [1.54, 1.807) is 19.2 Å². The average Bonchev–Trinajstić information content (AvgIpc) is 3.09. The average molecular weight is 424 g/mol. The molecular weight excluding hydrogens is 404 g/mol. The molecule has 154 valence electrons. The van der Waals surface area contributed by atoms with Crippen molar-refractivity contribution in [3.05, 3.63) is 74.7 Å². The second-order valence-corrected chi connectivity index (χ2v) is 7.77. The smallest absolute Gasteiger partial charge is 0.325 e. The van der Waals surface area contributed by atoms with E-state index in [4.69, 9.17) is 9.47 Å². The summed E-state index contributed by atoms with van der Waals surface area (Å²) in [6.45, 7) is -0.267. The number of para-hydroxylation sites is 2. The summed E-state index contributed by atoms with van der Waals surface area (Å²) in [6.07, 6.45) is 0.181. The van der Waals surface area contributed by atoms with Crippen LogP contribution in [0.3, 0.4) is 0 Å². The van der Waals surface area contributed by atoms with Gasteiger partial charge in [-0.2, -0.15) is 0 Å². The molecule has 0 saturated heterocycles. The van der Waals surface area contributed by atoms with Crippen LogP contribution in [0.15, 0.2) is 59.4 Å². The van der Waals surface area contributed by atoms with Gasteiger partial charge in [-0.15, -0.1) is 0 Å². The Morgan fingerprint density at radius 2 is 1.77 bits per heavy atom. The number of carbonyl (C=O) groups excluding carboxylic acids is 2. The van der Waals surface area contributed by atoms with Crippen LogP contribution in [0.25, 0.3) is 0 Å². The summed E-state index contributed by atoms with van der Waals surface area (Å²) in [4.78, 5) is 40.1. The predicted molar refractivity (Wildman–Crippen MR) is 114 cm³/mol. The van der Waals surface area contributed by atoms with Crippen LogP contribution in [0.1, 0.15) is 22.8 Å². The number of amides is 1. The van der Waals surface area contributed by atoms with E-state index in [1.165, 1.54) is 16.6 Å². The third kappa shape index (κ3) is 3.39. The van der Waals surface area contributed by atoms with Crippen molar-refractivity contribution in [2.75, 3.05) is 19.1 Å². The maximum atomic E-state index is 13.3. The summed E-state index contributed by atoms with van der Waals surface area (Å²) < 4.78 is 11.6. The lowest BCUT2D eigenvalue weighted by Crippen LogP contribution is -2.36. The second-order valence-electron chi connectivity index (χ2n) is 6.78. The van der Waals surface area contributed by atoms with E-state index in [0.29, 0.717) is 17.3 Å². The highest BCUT2D eigenvalue weighted by Crippen LogP contribution is 2.46. The first-order valence-electron chi connectivity index (χ1n) is 9.36. The molecule has 0 N–H and O–H groups in total. The van der Waals surface area contributed by atoms with E-state index in [0.717, 1.165) is 21.8 Å². The lowest BCUT2D eigenvalue weighted by atomic mass is 9.89. The Balaban J connectivity index is 1.94. The fourth-order valence-corrected chi connectivity index (χ4v) is 4.83. The molecule has 30 heavy (non-hydrogen) atoms. The molecule has 8 heteroatoms. The van der Waals surface area contributed by atoms with Gasteiger partial charge in [0.05, 0.1) is 24.8 Å². The lowest BCUT2D eigenvalue weighted by molar-refractivity contribution is -0.141. The molecular formula is C22H20N2O5S. The molecule has 1 amide bonds. The number of methoxy groups -OCH3 is 2. The van der Waals surface area contributed by atoms with Gasteiger partial charge in [-0.1, -0.05) is 47.7 Å². The summed E-state index contributed by atoms with van der Waals surface area (Å²) in [5, 5.41) is 0. The monoisotopic (exact) mass is 424 g/mol. The normalized spacial score (nSPS) is 15.6. The fraction of sp³-hybridized carbons (Fsp3) is 0.227. The number of hydrogen-bond acceptors (Lipinski definition) is 6. The van der Waals surface area contributed by atoms with Crippen molar-refractivity contribution in [1.82, 2.24) is 4.57 Å². The Labute approximate surface area is 177 Å². The van der Waals surface area contributed by atoms with Crippen LogP contribution < -0.4 is 14.5 Å². The highest BCUT2D eigenvalue weighted by molar-refractivity contribution is 7.10. The number of esters is 1. The molecule has 0 radical (unpaired) electrons. The Morgan fingerprint density at radius 1 is 1.07 bits per heavy atom. The molecule has 1 aliphatic rings. The molecule has 1 aromatic heterocycles. The Morgan fingerprint density at radius 3 is 2.47 bits per heavy atom. The maximum Gasteiger partial charge on any atom is 0.325 e. The Bertz CT molecular complexity index is 1150. The predicted octanol–water partition coefficient (Wildman–Crippen LogP) is 3.29. The lowest BCUT2D eigenvalue weighted by Gasteiger charge is -2.33. The molecule has 0 aliphatic carbocycles. The molecule has 0 saturated carbocycles. The zero-order chi connectivity index (χ0) is 21.3. The summed E-state index contributed by atoms with van der Waals surface area (Å²) in [5.41, 5.74) is 1.47. The molecule has 3 aromatic rings. The van der Waals surface area contributed by atoms with Crippen LogP contribution in [0.5, 0.6) is 5.75 Å². The van der Waals surface area contributed by atoms with Crippen molar-refractivity contribution in [3.8, 4) is 5.75 Å². The van der Waals surface area contributed by atoms with Gasteiger partial charge < -0.3 is 9.47 Å². The first-order valence-corrected chi connectivity index (χ1v) is 10.2. The van der Waals surface area contributed by atoms with Crippen LogP contribution in [-0.4, -0.2) is 30.7 Å². The van der Waals surface area contributed by atoms with Gasteiger partial charge in [0.2, 0.25) is 5.91 Å². The number of nitrogens with zero attached hydrogens (tertiary/aromatic N) is 2. The van der Waals surface area contributed by atoms with E-state index >= 15 is 0 Å². The maximum absolute atomic E-state index is 13.3. The Hall–Kier alpha value is -3.39. The first kappa shape index (κ1) is 19.9. The molecule has 0 bridgehead atoms. The van der Waals surface area contributed by atoms with Crippen molar-refractivity contribution in [1.29, 1.82) is 0 Å². The number of rotatable bonds is 5. The molecule has 0 unspecified atom stereocenters. The van der Waals surface area contributed by atoms with Crippen LogP contribution in [-0.2, 0) is 20.9 Å². The Kier molecular flexibility index (Phi) is 5.41. The number of ether oxygens (including phenoxy) is 2. The molecule has 1 atom stereocenters. The second kappa shape index (κ2) is 8.16. The van der Waals surface area contributed by atoms with Crippen molar-refractivity contribution in [2.24, 2.45) is 0 Å². The number of hydrogen-bond donors (Lipinski definition) is 0. The van der Waals surface area contributed by atoms with E-state index in [2.05, 4.69) is 0 Å². The largest absolute Gasteiger partial charge is 0.496 e. The molecule has 4 rings (SSSR count). The van der Waals surface area contributed by atoms with Crippen molar-refractivity contribution in [3.63, 3.8) is 0 Å². The van der Waals surface area contributed by atoms with Crippen molar-refractivity contribution in [2.45, 2.75) is 18.9 Å². The van der Waals surface area contributed by atoms with Gasteiger partial charge in [0, 0.05) is 17.9 Å². The minimum absolute atomic E-state index is 0.166. The number of carbonyl (C=O) groups is 2. The molecule has 7 nitrogen and oxygen atoms in total. The standard InChI is InChI=1S/C22H20N2O5S/c1-28-17-11-7-6-10-15(17)16-12-18(25)24(14-8-4-3-5-9-14)21-20(16)30-22(27)23(21)13-19(26)29-2/h3-11,16H,12-13H2,1-2H3/t16-/m0/s1. The van der Waals surface area contributed by atoms with E-state index < -0.39 is 5.97 Å². The van der Waals surface area contributed by atoms with E-state index in [1.807, 2.05) is 42.5 Å². The number of aromatic nitrogens is 1. The zero-order valence-electron chi connectivity index (χ0n) is 16.5. The summed E-state index contributed by atoms with van der Waals surface area (Å²) >= 11 is 1.04. The minimum atomic E-state index is -0.558. The van der Waals surface area contributed by atoms with E-state index in [9.17, 15) is 14.4 Å². The highest BCUT2D eigenvalue weighted by atomic mass is 32.1. The third-order valence-corrected chi connectivity index (χ3v) is 6.18. The highest BCUT2D eigenvalue weighted by Gasteiger charge is 2.39. The number of benzene rings is 2. The fourth-order valence-electron chi connectivity index (χ4n) is 3.73. The molecule has 2 aromatic carbocycles. The molecule has 1 aliphatic heterocycles. The number of thiazole rings is 1. The first-order chi connectivity index (χ1) is 14.5. The van der Waals surface area contributed by atoms with Gasteiger partial charge in [0.1, 0.15) is 18.1 Å². The molecule has 0 fully saturated rings. The van der Waals surface area contributed by atoms with Gasteiger partial charge in [-0.05, 0) is 18.2 Å². The number of fused-ring (bicyclic) bond motifs is 1. The third-order valence-electron chi connectivity index (χ3n) is 5.09. The summed E-state index contributed by atoms with van der Waals surface area (Å²) in [7, 11) is 2.84. The van der Waals surface area contributed by atoms with Crippen LogP contribution in [0, 0.1) is 0 Å². The van der Waals surface area contributed by atoms with Gasteiger partial charge in [-0.25, -0.2) is 0 Å². The summed E-state index contributed by atoms with van der Waals surface area (Å²) in [6, 6.07) is 16.6. The van der Waals surface area contributed by atoms with Gasteiger partial charge in [-0.3, -0.25) is 23.9 Å². The zero-order valence-corrected chi connectivity index (χ0v) is 17.3. The van der Waals surface area contributed by atoms with Crippen LogP contribution in [0.4, 0.5) is 11.5 Å².